The van der Waals surface area contributed by atoms with E-state index in [0.717, 1.165) is 16.8 Å². The van der Waals surface area contributed by atoms with Crippen molar-refractivity contribution in [3.05, 3.63) is 93.5 Å². The lowest BCUT2D eigenvalue weighted by Gasteiger charge is -2.14. The van der Waals surface area contributed by atoms with Crippen molar-refractivity contribution in [2.24, 2.45) is 0 Å². The topological polar surface area (TPSA) is 48.8 Å². The highest BCUT2D eigenvalue weighted by Gasteiger charge is 2.13. The predicted octanol–water partition coefficient (Wildman–Crippen LogP) is 5.54. The van der Waals surface area contributed by atoms with Gasteiger partial charge in [0.1, 0.15) is 6.17 Å². The quantitative estimate of drug-likeness (QED) is 0.607. The van der Waals surface area contributed by atoms with E-state index in [2.05, 4.69) is 30.2 Å². The summed E-state index contributed by atoms with van der Waals surface area (Å²) in [5.74, 6) is 0. The minimum absolute atomic E-state index is 0.342. The van der Waals surface area contributed by atoms with Gasteiger partial charge in [-0.25, -0.2) is 4.39 Å². The lowest BCUT2D eigenvalue weighted by Crippen LogP contribution is -2.18. The molecule has 1 atom stereocenters. The van der Waals surface area contributed by atoms with Gasteiger partial charge in [-0.05, 0) is 56.2 Å². The third-order valence-corrected chi connectivity index (χ3v) is 5.42. The number of nitrogens with one attached hydrogen (secondary N) is 2. The highest BCUT2D eigenvalue weighted by Crippen LogP contribution is 2.26. The fourth-order valence-corrected chi connectivity index (χ4v) is 3.98. The molecule has 0 fully saturated rings. The van der Waals surface area contributed by atoms with Crippen LogP contribution in [0.4, 0.5) is 4.39 Å². The van der Waals surface area contributed by atoms with Crippen LogP contribution >= 0.6 is 11.3 Å². The normalized spacial score (nSPS) is 16.6. The molecule has 0 spiro atoms. The number of halogens is 1. The second-order valence-corrected chi connectivity index (χ2v) is 8.06. The van der Waals surface area contributed by atoms with Gasteiger partial charge >= 0.3 is 0 Å². The van der Waals surface area contributed by atoms with E-state index in [1.807, 2.05) is 42.5 Å². The zero-order chi connectivity index (χ0) is 19.9. The van der Waals surface area contributed by atoms with E-state index in [0.29, 0.717) is 24.4 Å². The van der Waals surface area contributed by atoms with Crippen molar-refractivity contribution in [3.8, 4) is 0 Å². The molecule has 1 aliphatic rings. The Morgan fingerprint density at radius 1 is 1.29 bits per heavy atom. The van der Waals surface area contributed by atoms with E-state index in [9.17, 15) is 4.39 Å². The van der Waals surface area contributed by atoms with E-state index in [4.69, 9.17) is 5.41 Å². The highest BCUT2D eigenvalue weighted by atomic mass is 32.1. The van der Waals surface area contributed by atoms with Crippen LogP contribution in [0.25, 0.3) is 5.70 Å². The molecule has 2 heterocycles. The molecule has 3 nitrogen and oxygen atoms in total. The third kappa shape index (κ3) is 5.14. The summed E-state index contributed by atoms with van der Waals surface area (Å²) in [6.07, 6.45) is 11.9. The SMILES string of the molecule is Cc1cc(/C(=C/C(=N)c2ccccn2)NCCC2=CC=CC=CC2F)c(C)s1. The summed E-state index contributed by atoms with van der Waals surface area (Å²) in [5, 5.41) is 11.8. The van der Waals surface area contributed by atoms with E-state index in [-0.39, 0.29) is 0 Å². The second-order valence-electron chi connectivity index (χ2n) is 6.60. The van der Waals surface area contributed by atoms with E-state index >= 15 is 0 Å². The number of aromatic nitrogens is 1. The molecule has 0 amide bonds. The number of hydrogen-bond acceptors (Lipinski definition) is 4. The summed E-state index contributed by atoms with van der Waals surface area (Å²) < 4.78 is 14.2. The molecule has 1 aliphatic carbocycles. The van der Waals surface area contributed by atoms with Crippen molar-refractivity contribution in [3.63, 3.8) is 0 Å². The maximum absolute atomic E-state index is 14.2. The van der Waals surface area contributed by atoms with Gasteiger partial charge < -0.3 is 5.32 Å². The Hall–Kier alpha value is -2.79. The molecule has 0 radical (unpaired) electrons. The van der Waals surface area contributed by atoms with Crippen LogP contribution in [0.5, 0.6) is 0 Å². The Morgan fingerprint density at radius 3 is 2.86 bits per heavy atom. The second kappa shape index (κ2) is 9.42. The van der Waals surface area contributed by atoms with Crippen LogP contribution in [0, 0.1) is 19.3 Å². The summed E-state index contributed by atoms with van der Waals surface area (Å²) in [7, 11) is 0. The fourth-order valence-electron chi connectivity index (χ4n) is 3.05. The zero-order valence-electron chi connectivity index (χ0n) is 16.1. The molecular formula is C23H24FN3S. The summed E-state index contributed by atoms with van der Waals surface area (Å²) in [5.41, 5.74) is 3.66. The minimum Gasteiger partial charge on any atom is -0.384 e. The van der Waals surface area contributed by atoms with Crippen molar-refractivity contribution in [1.29, 1.82) is 5.41 Å². The van der Waals surface area contributed by atoms with Crippen molar-refractivity contribution in [1.82, 2.24) is 10.3 Å². The van der Waals surface area contributed by atoms with Crippen LogP contribution in [0.1, 0.15) is 27.4 Å². The van der Waals surface area contributed by atoms with E-state index < -0.39 is 6.17 Å². The van der Waals surface area contributed by atoms with Gasteiger partial charge in [0, 0.05) is 33.8 Å². The van der Waals surface area contributed by atoms with Gasteiger partial charge in [-0.3, -0.25) is 10.4 Å². The maximum atomic E-state index is 14.2. The molecule has 2 aromatic heterocycles. The first kappa shape index (κ1) is 20.0. The predicted molar refractivity (Wildman–Crippen MR) is 117 cm³/mol. The summed E-state index contributed by atoms with van der Waals surface area (Å²) >= 11 is 1.73. The zero-order valence-corrected chi connectivity index (χ0v) is 16.9. The lowest BCUT2D eigenvalue weighted by molar-refractivity contribution is 0.439. The molecule has 2 aromatic rings. The van der Waals surface area contributed by atoms with Gasteiger partial charge in [-0.1, -0.05) is 30.4 Å². The molecule has 3 rings (SSSR count). The summed E-state index contributed by atoms with van der Waals surface area (Å²) in [4.78, 5) is 6.66. The average Bonchev–Trinajstić information content (AvgIpc) is 2.89. The van der Waals surface area contributed by atoms with Crippen molar-refractivity contribution < 1.29 is 4.39 Å². The van der Waals surface area contributed by atoms with Gasteiger partial charge in [0.15, 0.2) is 0 Å². The number of aryl methyl sites for hydroxylation is 2. The number of rotatable bonds is 7. The molecule has 28 heavy (non-hydrogen) atoms. The van der Waals surface area contributed by atoms with Gasteiger partial charge in [-0.15, -0.1) is 11.3 Å². The van der Waals surface area contributed by atoms with E-state index in [1.54, 1.807) is 29.7 Å². The Kier molecular flexibility index (Phi) is 6.71. The molecule has 0 bridgehead atoms. The molecule has 2 N–H and O–H groups in total. The van der Waals surface area contributed by atoms with Crippen LogP contribution in [0.2, 0.25) is 0 Å². The number of alkyl halides is 1. The number of hydrogen-bond donors (Lipinski definition) is 2. The molecule has 0 saturated carbocycles. The Bertz CT molecular complexity index is 951. The Balaban J connectivity index is 1.79. The van der Waals surface area contributed by atoms with Crippen LogP contribution in [-0.2, 0) is 0 Å². The maximum Gasteiger partial charge on any atom is 0.140 e. The highest BCUT2D eigenvalue weighted by molar-refractivity contribution is 7.12. The van der Waals surface area contributed by atoms with Crippen LogP contribution in [-0.4, -0.2) is 23.4 Å². The average molecular weight is 394 g/mol. The van der Waals surface area contributed by atoms with Gasteiger partial charge in [0.25, 0.3) is 0 Å². The molecule has 5 heteroatoms. The smallest absolute Gasteiger partial charge is 0.140 e. The van der Waals surface area contributed by atoms with Gasteiger partial charge in [0.2, 0.25) is 0 Å². The number of thiophene rings is 1. The van der Waals surface area contributed by atoms with Gasteiger partial charge in [-0.2, -0.15) is 0 Å². The van der Waals surface area contributed by atoms with Crippen molar-refractivity contribution >= 4 is 22.7 Å². The largest absolute Gasteiger partial charge is 0.384 e. The molecule has 0 aliphatic heterocycles. The van der Waals surface area contributed by atoms with Crippen molar-refractivity contribution in [2.45, 2.75) is 26.4 Å². The molecule has 1 unspecified atom stereocenters. The molecule has 0 saturated heterocycles. The van der Waals surface area contributed by atoms with Crippen LogP contribution in [0.15, 0.2) is 72.5 Å². The number of allylic oxidation sites excluding steroid dienone is 6. The minimum atomic E-state index is -1.05. The number of nitrogens with zero attached hydrogens (tertiary/aromatic N) is 1. The van der Waals surface area contributed by atoms with Gasteiger partial charge in [0.05, 0.1) is 11.4 Å². The molecular weight excluding hydrogens is 369 g/mol. The van der Waals surface area contributed by atoms with E-state index in [1.165, 1.54) is 9.75 Å². The Labute approximate surface area is 169 Å². The first-order chi connectivity index (χ1) is 13.5. The summed E-state index contributed by atoms with van der Waals surface area (Å²) in [6, 6.07) is 7.66. The van der Waals surface area contributed by atoms with Crippen LogP contribution in [0.3, 0.4) is 0 Å². The first-order valence-corrected chi connectivity index (χ1v) is 10.1. The lowest BCUT2D eigenvalue weighted by atomic mass is 10.1. The van der Waals surface area contributed by atoms with Crippen molar-refractivity contribution in [2.75, 3.05) is 6.54 Å². The third-order valence-electron chi connectivity index (χ3n) is 4.46. The molecule has 0 aromatic carbocycles. The molecule has 144 valence electrons. The Morgan fingerprint density at radius 2 is 2.14 bits per heavy atom. The summed E-state index contributed by atoms with van der Waals surface area (Å²) in [6.45, 7) is 4.74. The fraction of sp³-hybridized carbons (Fsp3) is 0.217. The first-order valence-electron chi connectivity index (χ1n) is 9.25. The number of pyridine rings is 1. The van der Waals surface area contributed by atoms with Crippen LogP contribution < -0.4 is 5.32 Å². The monoisotopic (exact) mass is 393 g/mol. The standard InChI is InChI=1S/C23H24FN3S/c1-16-14-19(17(2)28-16)23(15-21(25)22-10-6-7-12-26-22)27-13-11-18-8-4-3-5-9-20(18)24/h3-10,12,14-15,20,25,27H,11,13H2,1-2H3/b23-15-,25-21?.